The molecule has 0 spiro atoms. The summed E-state index contributed by atoms with van der Waals surface area (Å²) in [5.74, 6) is 3.05. The Morgan fingerprint density at radius 3 is 2.35 bits per heavy atom. The third kappa shape index (κ3) is 1.67. The molecule has 0 aromatic rings. The van der Waals surface area contributed by atoms with Crippen LogP contribution in [0.5, 0.6) is 0 Å². The fourth-order valence-corrected chi connectivity index (χ4v) is 5.31. The lowest BCUT2D eigenvalue weighted by atomic mass is 9.71. The Kier molecular flexibility index (Phi) is 2.69. The van der Waals surface area contributed by atoms with E-state index in [2.05, 4.69) is 10.2 Å². The highest BCUT2D eigenvalue weighted by atomic mass is 15.3. The van der Waals surface area contributed by atoms with Gasteiger partial charge in [-0.2, -0.15) is 0 Å². The minimum Gasteiger partial charge on any atom is -0.312 e. The summed E-state index contributed by atoms with van der Waals surface area (Å²) >= 11 is 0. The summed E-state index contributed by atoms with van der Waals surface area (Å²) in [6.45, 7) is 4.13. The predicted octanol–water partition coefficient (Wildman–Crippen LogP) is 2.25. The van der Waals surface area contributed by atoms with Crippen molar-refractivity contribution >= 4 is 0 Å². The monoisotopic (exact) mass is 234 g/mol. The fraction of sp³-hybridized carbons (Fsp3) is 1.00. The van der Waals surface area contributed by atoms with Crippen LogP contribution in [0.25, 0.3) is 0 Å². The van der Waals surface area contributed by atoms with Gasteiger partial charge in [0.2, 0.25) is 0 Å². The van der Waals surface area contributed by atoms with Gasteiger partial charge in [-0.15, -0.1) is 0 Å². The van der Waals surface area contributed by atoms with E-state index in [4.69, 9.17) is 0 Å². The normalized spacial score (nSPS) is 50.5. The first-order valence-corrected chi connectivity index (χ1v) is 7.91. The number of hydrogen-bond donors (Lipinski definition) is 1. The van der Waals surface area contributed by atoms with Crippen LogP contribution < -0.4 is 5.32 Å². The molecule has 4 saturated heterocycles. The van der Waals surface area contributed by atoms with E-state index in [0.717, 1.165) is 29.8 Å². The van der Waals surface area contributed by atoms with E-state index in [-0.39, 0.29) is 0 Å². The third-order valence-electron chi connectivity index (χ3n) is 6.15. The van der Waals surface area contributed by atoms with Gasteiger partial charge in [0.05, 0.1) is 0 Å². The Balaban J connectivity index is 1.53. The first-order chi connectivity index (χ1) is 8.43. The van der Waals surface area contributed by atoms with Crippen molar-refractivity contribution in [3.8, 4) is 0 Å². The second-order valence-electron chi connectivity index (χ2n) is 6.86. The molecule has 4 heterocycles. The van der Waals surface area contributed by atoms with Crippen LogP contribution in [-0.4, -0.2) is 36.6 Å². The van der Waals surface area contributed by atoms with Gasteiger partial charge in [-0.05, 0) is 43.7 Å². The molecule has 5 fully saturated rings. The number of rotatable bonds is 1. The molecule has 96 valence electrons. The Labute approximate surface area is 105 Å². The topological polar surface area (TPSA) is 15.3 Å². The Bertz CT molecular complexity index is 277. The van der Waals surface area contributed by atoms with Gasteiger partial charge in [0.15, 0.2) is 0 Å². The summed E-state index contributed by atoms with van der Waals surface area (Å²) in [6, 6.07) is 1.79. The van der Waals surface area contributed by atoms with Crippen molar-refractivity contribution in [1.82, 2.24) is 10.2 Å². The quantitative estimate of drug-likeness (QED) is 0.748. The SMILES string of the molecule is C1CCC(C2CNC3C4CCN(CC4)C23)CC1. The van der Waals surface area contributed by atoms with E-state index in [0.29, 0.717) is 0 Å². The molecule has 5 aliphatic rings. The zero-order valence-corrected chi connectivity index (χ0v) is 10.9. The second kappa shape index (κ2) is 4.24. The number of nitrogens with zero attached hydrogens (tertiary/aromatic N) is 1. The van der Waals surface area contributed by atoms with Crippen LogP contribution in [0.2, 0.25) is 0 Å². The molecule has 0 amide bonds. The van der Waals surface area contributed by atoms with Gasteiger partial charge >= 0.3 is 0 Å². The van der Waals surface area contributed by atoms with Gasteiger partial charge in [-0.1, -0.05) is 32.1 Å². The summed E-state index contributed by atoms with van der Waals surface area (Å²) in [4.78, 5) is 2.84. The van der Waals surface area contributed by atoms with Crippen LogP contribution in [0.15, 0.2) is 0 Å². The Morgan fingerprint density at radius 2 is 1.59 bits per heavy atom. The van der Waals surface area contributed by atoms with Gasteiger partial charge in [0.25, 0.3) is 0 Å². The van der Waals surface area contributed by atoms with Crippen LogP contribution in [0.4, 0.5) is 0 Å². The van der Waals surface area contributed by atoms with E-state index in [9.17, 15) is 0 Å². The number of nitrogens with one attached hydrogen (secondary N) is 1. The van der Waals surface area contributed by atoms with Crippen LogP contribution in [0, 0.1) is 17.8 Å². The molecule has 0 aromatic heterocycles. The minimum absolute atomic E-state index is 0.865. The van der Waals surface area contributed by atoms with Crippen LogP contribution >= 0.6 is 0 Å². The van der Waals surface area contributed by atoms with Crippen molar-refractivity contribution in [3.63, 3.8) is 0 Å². The molecular formula is C15H26N2. The molecule has 0 radical (unpaired) electrons. The minimum atomic E-state index is 0.865. The second-order valence-corrected chi connectivity index (χ2v) is 6.86. The zero-order valence-electron chi connectivity index (χ0n) is 10.9. The first-order valence-electron chi connectivity index (χ1n) is 7.91. The molecule has 2 nitrogen and oxygen atoms in total. The maximum Gasteiger partial charge on any atom is 0.0295 e. The molecule has 3 atom stereocenters. The molecule has 1 N–H and O–H groups in total. The predicted molar refractivity (Wildman–Crippen MR) is 69.9 cm³/mol. The summed E-state index contributed by atoms with van der Waals surface area (Å²) in [6.07, 6.45) is 10.5. The van der Waals surface area contributed by atoms with Crippen molar-refractivity contribution in [3.05, 3.63) is 0 Å². The van der Waals surface area contributed by atoms with Crippen molar-refractivity contribution in [2.24, 2.45) is 17.8 Å². The summed E-state index contributed by atoms with van der Waals surface area (Å²) < 4.78 is 0. The van der Waals surface area contributed by atoms with E-state index >= 15 is 0 Å². The Morgan fingerprint density at radius 1 is 0.824 bits per heavy atom. The van der Waals surface area contributed by atoms with Crippen molar-refractivity contribution in [2.75, 3.05) is 19.6 Å². The highest BCUT2D eigenvalue weighted by Gasteiger charge is 2.50. The standard InChI is InChI=1S/C15H26N2/c1-2-4-11(5-3-1)13-10-16-14-12-6-8-17(9-7-12)15(13)14/h11-16H,1-10H2. The molecule has 1 saturated carbocycles. The fourth-order valence-electron chi connectivity index (χ4n) is 5.31. The van der Waals surface area contributed by atoms with E-state index in [1.54, 1.807) is 0 Å². The number of hydrogen-bond acceptors (Lipinski definition) is 2. The maximum atomic E-state index is 3.90. The van der Waals surface area contributed by atoms with Crippen LogP contribution in [-0.2, 0) is 0 Å². The van der Waals surface area contributed by atoms with Gasteiger partial charge in [-0.3, -0.25) is 4.90 Å². The summed E-state index contributed by atoms with van der Waals surface area (Å²) in [7, 11) is 0. The van der Waals surface area contributed by atoms with E-state index < -0.39 is 0 Å². The average Bonchev–Trinajstić information content (AvgIpc) is 2.88. The largest absolute Gasteiger partial charge is 0.312 e. The number of fused-ring (bicyclic) bond motifs is 2. The molecule has 3 unspecified atom stereocenters. The van der Waals surface area contributed by atoms with Crippen molar-refractivity contribution < 1.29 is 0 Å². The molecule has 17 heavy (non-hydrogen) atoms. The van der Waals surface area contributed by atoms with E-state index in [1.807, 2.05) is 0 Å². The Hall–Kier alpha value is -0.0800. The van der Waals surface area contributed by atoms with Gasteiger partial charge in [0.1, 0.15) is 0 Å². The molecule has 0 aromatic carbocycles. The van der Waals surface area contributed by atoms with Crippen LogP contribution in [0.3, 0.4) is 0 Å². The summed E-state index contributed by atoms with van der Waals surface area (Å²) in [5, 5.41) is 3.90. The highest BCUT2D eigenvalue weighted by Crippen LogP contribution is 2.43. The van der Waals surface area contributed by atoms with Gasteiger partial charge < -0.3 is 5.32 Å². The van der Waals surface area contributed by atoms with Crippen LogP contribution in [0.1, 0.15) is 44.9 Å². The molecule has 2 heteroatoms. The summed E-state index contributed by atoms with van der Waals surface area (Å²) in [5.41, 5.74) is 0. The van der Waals surface area contributed by atoms with E-state index in [1.165, 1.54) is 64.6 Å². The zero-order chi connectivity index (χ0) is 11.2. The third-order valence-corrected chi connectivity index (χ3v) is 6.15. The van der Waals surface area contributed by atoms with Gasteiger partial charge in [-0.25, -0.2) is 0 Å². The molecule has 4 aliphatic heterocycles. The lowest BCUT2D eigenvalue weighted by Crippen LogP contribution is -2.60. The molecular weight excluding hydrogens is 208 g/mol. The lowest BCUT2D eigenvalue weighted by Gasteiger charge is -2.50. The maximum absolute atomic E-state index is 3.90. The number of piperidine rings is 3. The molecule has 1 aliphatic carbocycles. The highest BCUT2D eigenvalue weighted by molar-refractivity contribution is 5.07. The van der Waals surface area contributed by atoms with Crippen molar-refractivity contribution in [2.45, 2.75) is 57.0 Å². The molecule has 2 bridgehead atoms. The lowest BCUT2D eigenvalue weighted by molar-refractivity contribution is 0.00372. The first kappa shape index (κ1) is 10.8. The van der Waals surface area contributed by atoms with Crippen molar-refractivity contribution in [1.29, 1.82) is 0 Å². The van der Waals surface area contributed by atoms with Gasteiger partial charge in [0, 0.05) is 18.6 Å². The molecule has 5 rings (SSSR count). The average molecular weight is 234 g/mol. The smallest absolute Gasteiger partial charge is 0.0295 e.